The van der Waals surface area contributed by atoms with E-state index in [4.69, 9.17) is 49.1 Å². The number of carbonyl (C=O) groups excluding carboxylic acids is 2. The van der Waals surface area contributed by atoms with Crippen molar-refractivity contribution in [3.05, 3.63) is 59.7 Å². The second-order valence-electron chi connectivity index (χ2n) is 13.8. The number of carboxylic acids is 4. The molecule has 58 heavy (non-hydrogen) atoms. The first-order valence-corrected chi connectivity index (χ1v) is 20.0. The first-order valence-electron chi connectivity index (χ1n) is 20.0. The molecule has 2 aromatic rings. The standard InChI is InChI=1S/C38H60N4O4.2C2H2O4/c1-5-41(29-31-19-11-15-23-35(31)45-3)27-17-7-9-25-37(43)39-33-21-13-14-22-34(33)40-38(44)26-10-8-18-28-42(6-2)30-32-20-12-16-24-36(32)46-4;2*3-1(4)2(5)6/h11-12,15-16,19-20,23-24,33-34H,5-10,13-14,17-18,21-22,25-30H2,1-4H3,(H,39,43)(H,40,44);2*(H,3,4)(H,5,6)/t33-,34+;;. The molecule has 2 atom stereocenters. The van der Waals surface area contributed by atoms with Crippen molar-refractivity contribution < 1.29 is 58.7 Å². The molecule has 1 aliphatic rings. The van der Waals surface area contributed by atoms with Crippen LogP contribution in [0.3, 0.4) is 0 Å². The summed E-state index contributed by atoms with van der Waals surface area (Å²) in [4.78, 5) is 66.9. The summed E-state index contributed by atoms with van der Waals surface area (Å²) in [5.74, 6) is -5.20. The van der Waals surface area contributed by atoms with Gasteiger partial charge >= 0.3 is 23.9 Å². The van der Waals surface area contributed by atoms with E-state index in [2.05, 4.69) is 58.5 Å². The quantitative estimate of drug-likeness (QED) is 0.0677. The van der Waals surface area contributed by atoms with Gasteiger partial charge in [0.25, 0.3) is 0 Å². The molecule has 2 aromatic carbocycles. The lowest BCUT2D eigenvalue weighted by atomic mass is 9.90. The van der Waals surface area contributed by atoms with E-state index in [1.807, 2.05) is 24.3 Å². The zero-order valence-corrected chi connectivity index (χ0v) is 34.5. The van der Waals surface area contributed by atoms with Crippen LogP contribution in [0.1, 0.15) is 102 Å². The Labute approximate surface area is 341 Å². The van der Waals surface area contributed by atoms with Crippen LogP contribution < -0.4 is 20.1 Å². The Morgan fingerprint density at radius 1 is 0.569 bits per heavy atom. The monoisotopic (exact) mass is 816 g/mol. The fraction of sp³-hybridized carbons (Fsp3) is 0.571. The Morgan fingerprint density at radius 2 is 0.914 bits per heavy atom. The normalized spacial score (nSPS) is 14.5. The van der Waals surface area contributed by atoms with Gasteiger partial charge in [0.05, 0.1) is 14.2 Å². The number of nitrogens with one attached hydrogen (secondary N) is 2. The molecule has 1 fully saturated rings. The smallest absolute Gasteiger partial charge is 0.414 e. The van der Waals surface area contributed by atoms with Crippen molar-refractivity contribution >= 4 is 35.7 Å². The van der Waals surface area contributed by atoms with Crippen LogP contribution in [0.15, 0.2) is 48.5 Å². The number of benzene rings is 2. The van der Waals surface area contributed by atoms with Crippen molar-refractivity contribution in [3.8, 4) is 11.5 Å². The average molecular weight is 817 g/mol. The molecule has 1 aliphatic carbocycles. The van der Waals surface area contributed by atoms with Gasteiger partial charge in [-0.3, -0.25) is 19.4 Å². The third kappa shape index (κ3) is 21.9. The highest BCUT2D eigenvalue weighted by Crippen LogP contribution is 2.22. The zero-order chi connectivity index (χ0) is 43.3. The van der Waals surface area contributed by atoms with Crippen LogP contribution in [0, 0.1) is 0 Å². The lowest BCUT2D eigenvalue weighted by molar-refractivity contribution is -0.159. The Kier molecular flexibility index (Phi) is 26.2. The third-order valence-corrected chi connectivity index (χ3v) is 9.65. The molecule has 3 rings (SSSR count). The van der Waals surface area contributed by atoms with Gasteiger partial charge < -0.3 is 40.5 Å². The van der Waals surface area contributed by atoms with Crippen molar-refractivity contribution in [2.24, 2.45) is 0 Å². The van der Waals surface area contributed by atoms with Gasteiger partial charge in [-0.15, -0.1) is 0 Å². The molecule has 0 aromatic heterocycles. The van der Waals surface area contributed by atoms with Crippen LogP contribution in [0.2, 0.25) is 0 Å². The van der Waals surface area contributed by atoms with Crippen molar-refractivity contribution in [3.63, 3.8) is 0 Å². The van der Waals surface area contributed by atoms with Crippen LogP contribution in [-0.2, 0) is 41.9 Å². The predicted molar refractivity (Wildman–Crippen MR) is 218 cm³/mol. The number of aliphatic carboxylic acids is 4. The van der Waals surface area contributed by atoms with E-state index in [1.165, 1.54) is 11.1 Å². The molecular formula is C42H64N4O12. The van der Waals surface area contributed by atoms with Gasteiger partial charge in [-0.2, -0.15) is 0 Å². The lowest BCUT2D eigenvalue weighted by Crippen LogP contribution is -2.53. The molecule has 0 radical (unpaired) electrons. The van der Waals surface area contributed by atoms with Gasteiger partial charge in [-0.25, -0.2) is 19.2 Å². The van der Waals surface area contributed by atoms with Crippen molar-refractivity contribution in [1.29, 1.82) is 0 Å². The molecule has 0 saturated heterocycles. The van der Waals surface area contributed by atoms with E-state index in [0.29, 0.717) is 12.8 Å². The SMILES string of the molecule is CCN(CCCCCC(=O)N[C@H]1CCCC[C@H]1NC(=O)CCCCCN(CC)Cc1ccccc1OC)Cc1ccccc1OC.O=C(O)C(=O)O.O=C(O)C(=O)O. The van der Waals surface area contributed by atoms with Crippen molar-refractivity contribution in [2.45, 2.75) is 116 Å². The number of ether oxygens (including phenoxy) is 2. The summed E-state index contributed by atoms with van der Waals surface area (Å²) in [5.41, 5.74) is 2.42. The summed E-state index contributed by atoms with van der Waals surface area (Å²) in [6, 6.07) is 16.5. The van der Waals surface area contributed by atoms with Crippen LogP contribution >= 0.6 is 0 Å². The maximum atomic E-state index is 12.8. The van der Waals surface area contributed by atoms with E-state index in [1.54, 1.807) is 14.2 Å². The van der Waals surface area contributed by atoms with Crippen LogP contribution in [0.5, 0.6) is 11.5 Å². The number of para-hydroxylation sites is 2. The second-order valence-corrected chi connectivity index (χ2v) is 13.8. The van der Waals surface area contributed by atoms with Gasteiger partial charge in [0, 0.05) is 49.1 Å². The van der Waals surface area contributed by atoms with Gasteiger partial charge in [0.1, 0.15) is 11.5 Å². The van der Waals surface area contributed by atoms with E-state index in [0.717, 1.165) is 115 Å². The highest BCUT2D eigenvalue weighted by molar-refractivity contribution is 6.27. The number of carboxylic acid groups (broad SMARTS) is 4. The van der Waals surface area contributed by atoms with Crippen molar-refractivity contribution in [1.82, 2.24) is 20.4 Å². The summed E-state index contributed by atoms with van der Waals surface area (Å²) >= 11 is 0. The molecule has 16 heteroatoms. The fourth-order valence-electron chi connectivity index (χ4n) is 6.48. The molecule has 0 unspecified atom stereocenters. The average Bonchev–Trinajstić information content (AvgIpc) is 3.21. The van der Waals surface area contributed by atoms with Gasteiger partial charge in [-0.1, -0.05) is 75.9 Å². The van der Waals surface area contributed by atoms with Crippen LogP contribution in [0.4, 0.5) is 0 Å². The Hall–Kier alpha value is -5.22. The summed E-state index contributed by atoms with van der Waals surface area (Å²) in [7, 11) is 3.44. The van der Waals surface area contributed by atoms with Gasteiger partial charge in [0.2, 0.25) is 11.8 Å². The molecule has 16 nitrogen and oxygen atoms in total. The molecule has 0 spiro atoms. The summed E-state index contributed by atoms with van der Waals surface area (Å²) in [6.45, 7) is 10.1. The molecule has 6 N–H and O–H groups in total. The second kappa shape index (κ2) is 29.9. The van der Waals surface area contributed by atoms with Crippen LogP contribution in [0.25, 0.3) is 0 Å². The minimum Gasteiger partial charge on any atom is -0.496 e. The topological polar surface area (TPSA) is 232 Å². The third-order valence-electron chi connectivity index (χ3n) is 9.65. The maximum Gasteiger partial charge on any atom is 0.414 e. The first-order chi connectivity index (χ1) is 27.8. The molecular weight excluding hydrogens is 752 g/mol. The van der Waals surface area contributed by atoms with E-state index < -0.39 is 23.9 Å². The van der Waals surface area contributed by atoms with Crippen molar-refractivity contribution in [2.75, 3.05) is 40.4 Å². The molecule has 324 valence electrons. The number of rotatable bonds is 22. The largest absolute Gasteiger partial charge is 0.496 e. The minimum absolute atomic E-state index is 0.0368. The fourth-order valence-corrected chi connectivity index (χ4v) is 6.48. The molecule has 0 heterocycles. The number of hydrogen-bond acceptors (Lipinski definition) is 10. The van der Waals surface area contributed by atoms with Crippen LogP contribution in [-0.4, -0.2) is 118 Å². The maximum absolute atomic E-state index is 12.8. The molecule has 0 bridgehead atoms. The first kappa shape index (κ1) is 50.8. The summed E-state index contributed by atoms with van der Waals surface area (Å²) < 4.78 is 11.0. The number of nitrogens with zero attached hydrogens (tertiary/aromatic N) is 2. The minimum atomic E-state index is -1.82. The van der Waals surface area contributed by atoms with Gasteiger partial charge in [-0.05, 0) is 76.8 Å². The number of methoxy groups -OCH3 is 2. The molecule has 1 saturated carbocycles. The predicted octanol–water partition coefficient (Wildman–Crippen LogP) is 5.02. The zero-order valence-electron chi connectivity index (χ0n) is 34.5. The Morgan fingerprint density at radius 3 is 1.22 bits per heavy atom. The number of amides is 2. The Balaban J connectivity index is 0.00000122. The Bertz CT molecular complexity index is 1420. The van der Waals surface area contributed by atoms with Gasteiger partial charge in [0.15, 0.2) is 0 Å². The summed E-state index contributed by atoms with van der Waals surface area (Å²) in [5, 5.41) is 36.1. The molecule has 0 aliphatic heterocycles. The highest BCUT2D eigenvalue weighted by atomic mass is 16.5. The number of carbonyl (C=O) groups is 6. The van der Waals surface area contributed by atoms with E-state index >= 15 is 0 Å². The number of unbranched alkanes of at least 4 members (excludes halogenated alkanes) is 4. The van der Waals surface area contributed by atoms with E-state index in [9.17, 15) is 9.59 Å². The highest BCUT2D eigenvalue weighted by Gasteiger charge is 2.27. The number of hydrogen-bond donors (Lipinski definition) is 6. The molecule has 2 amide bonds. The van der Waals surface area contributed by atoms with E-state index in [-0.39, 0.29) is 23.9 Å². The summed E-state index contributed by atoms with van der Waals surface area (Å²) in [6.07, 6.45) is 11.1. The lowest BCUT2D eigenvalue weighted by Gasteiger charge is -2.33.